The van der Waals surface area contributed by atoms with Gasteiger partial charge in [-0.15, -0.1) is 0 Å². The van der Waals surface area contributed by atoms with Crippen LogP contribution < -0.4 is 0 Å². The molecule has 0 radical (unpaired) electrons. The number of halogens is 3. The summed E-state index contributed by atoms with van der Waals surface area (Å²) in [7, 11) is 1.35. The molecule has 0 aliphatic heterocycles. The Kier molecular flexibility index (Phi) is 3.30. The van der Waals surface area contributed by atoms with E-state index in [-0.39, 0.29) is 6.42 Å². The Morgan fingerprint density at radius 3 is 2.54 bits per heavy atom. The second-order valence-electron chi connectivity index (χ2n) is 3.39. The normalized spacial score (nSPS) is 36.2. The Morgan fingerprint density at radius 1 is 1.54 bits per heavy atom. The number of aliphatic hydroxyl groups is 1. The number of alkyl halides is 3. The molecule has 5 heteroatoms. The van der Waals surface area contributed by atoms with Gasteiger partial charge in [-0.3, -0.25) is 0 Å². The molecule has 0 heterocycles. The molecule has 2 nitrogen and oxygen atoms in total. The molecular formula is C8H13BrF2O2. The van der Waals surface area contributed by atoms with Crippen molar-refractivity contribution < 1.29 is 18.6 Å². The fraction of sp³-hybridized carbons (Fsp3) is 1.00. The predicted octanol–water partition coefficient (Wildman–Crippen LogP) is 2.29. The third-order valence-corrected chi connectivity index (χ3v) is 3.27. The van der Waals surface area contributed by atoms with E-state index in [1.807, 2.05) is 0 Å². The lowest BCUT2D eigenvalue weighted by molar-refractivity contribution is -0.200. The number of hydrogen-bond acceptors (Lipinski definition) is 2. The van der Waals surface area contributed by atoms with Crippen LogP contribution >= 0.6 is 15.9 Å². The maximum atomic E-state index is 13.0. The maximum absolute atomic E-state index is 13.0. The van der Waals surface area contributed by atoms with Crippen LogP contribution in [0.15, 0.2) is 0 Å². The van der Waals surface area contributed by atoms with Gasteiger partial charge in [0.1, 0.15) is 0 Å². The molecule has 1 fully saturated rings. The van der Waals surface area contributed by atoms with Crippen LogP contribution in [-0.2, 0) is 4.74 Å². The second kappa shape index (κ2) is 3.79. The fourth-order valence-corrected chi connectivity index (χ4v) is 2.21. The lowest BCUT2D eigenvalue weighted by Crippen LogP contribution is -2.56. The molecule has 1 aliphatic rings. The van der Waals surface area contributed by atoms with E-state index < -0.39 is 16.5 Å². The van der Waals surface area contributed by atoms with Gasteiger partial charge >= 0.3 is 4.83 Å². The zero-order valence-electron chi connectivity index (χ0n) is 7.40. The van der Waals surface area contributed by atoms with Crippen LogP contribution in [0.3, 0.4) is 0 Å². The van der Waals surface area contributed by atoms with Gasteiger partial charge in [-0.05, 0) is 28.8 Å². The first-order valence-electron chi connectivity index (χ1n) is 4.23. The third-order valence-electron chi connectivity index (χ3n) is 2.58. The monoisotopic (exact) mass is 258 g/mol. The van der Waals surface area contributed by atoms with E-state index in [0.29, 0.717) is 12.8 Å². The lowest BCUT2D eigenvalue weighted by atomic mass is 9.82. The minimum Gasteiger partial charge on any atom is -0.380 e. The van der Waals surface area contributed by atoms with Crippen molar-refractivity contribution >= 4 is 15.9 Å². The van der Waals surface area contributed by atoms with Crippen molar-refractivity contribution in [3.05, 3.63) is 0 Å². The van der Waals surface area contributed by atoms with Gasteiger partial charge in [0.15, 0.2) is 5.60 Å². The highest BCUT2D eigenvalue weighted by Gasteiger charge is 2.56. The first-order valence-corrected chi connectivity index (χ1v) is 5.03. The van der Waals surface area contributed by atoms with Crippen molar-refractivity contribution in [2.24, 2.45) is 0 Å². The second-order valence-corrected chi connectivity index (χ2v) is 4.39. The summed E-state index contributed by atoms with van der Waals surface area (Å²) in [6.07, 6.45) is 1.20. The summed E-state index contributed by atoms with van der Waals surface area (Å²) in [5.74, 6) is 0. The zero-order chi connectivity index (χ0) is 10.1. The highest BCUT2D eigenvalue weighted by atomic mass is 79.9. The van der Waals surface area contributed by atoms with Crippen molar-refractivity contribution in [2.45, 2.75) is 42.2 Å². The highest BCUT2D eigenvalue weighted by Crippen LogP contribution is 2.45. The molecule has 0 bridgehead atoms. The number of ether oxygens (including phenoxy) is 1. The van der Waals surface area contributed by atoms with Crippen LogP contribution in [0, 0.1) is 0 Å². The van der Waals surface area contributed by atoms with Gasteiger partial charge in [-0.1, -0.05) is 12.8 Å². The molecule has 0 aromatic carbocycles. The predicted molar refractivity (Wildman–Crippen MR) is 48.1 cm³/mol. The van der Waals surface area contributed by atoms with Gasteiger partial charge in [-0.25, -0.2) is 0 Å². The Morgan fingerprint density at radius 2 is 2.15 bits per heavy atom. The zero-order valence-corrected chi connectivity index (χ0v) is 8.98. The molecule has 0 amide bonds. The van der Waals surface area contributed by atoms with Crippen LogP contribution in [0.4, 0.5) is 8.78 Å². The number of hydrogen-bond donors (Lipinski definition) is 1. The standard InChI is InChI=1S/C8H13BrF2O2/c1-13-6-4-2-3-5-7(6,12)8(9,10)11/h6,12H,2-5H2,1H3. The van der Waals surface area contributed by atoms with E-state index in [2.05, 4.69) is 15.9 Å². The summed E-state index contributed by atoms with van der Waals surface area (Å²) in [5, 5.41) is 9.75. The molecule has 0 aromatic rings. The van der Waals surface area contributed by atoms with Crippen molar-refractivity contribution in [3.63, 3.8) is 0 Å². The third kappa shape index (κ3) is 2.02. The van der Waals surface area contributed by atoms with Gasteiger partial charge < -0.3 is 9.84 Å². The van der Waals surface area contributed by atoms with Crippen LogP contribution in [0.2, 0.25) is 0 Å². The fourth-order valence-electron chi connectivity index (χ4n) is 1.76. The topological polar surface area (TPSA) is 29.5 Å². The quantitative estimate of drug-likeness (QED) is 0.771. The van der Waals surface area contributed by atoms with Gasteiger partial charge in [-0.2, -0.15) is 8.78 Å². The summed E-state index contributed by atoms with van der Waals surface area (Å²) >= 11 is 2.21. The molecule has 13 heavy (non-hydrogen) atoms. The van der Waals surface area contributed by atoms with Crippen LogP contribution in [0.5, 0.6) is 0 Å². The SMILES string of the molecule is COC1CCCCC1(O)C(F)(F)Br. The average Bonchev–Trinajstić information content (AvgIpc) is 2.03. The van der Waals surface area contributed by atoms with E-state index in [1.165, 1.54) is 7.11 Å². The van der Waals surface area contributed by atoms with Crippen molar-refractivity contribution in [3.8, 4) is 0 Å². The Bertz CT molecular complexity index is 183. The molecule has 2 atom stereocenters. The number of methoxy groups -OCH3 is 1. The number of rotatable bonds is 2. The van der Waals surface area contributed by atoms with Gasteiger partial charge in [0.2, 0.25) is 0 Å². The van der Waals surface area contributed by atoms with Gasteiger partial charge in [0.25, 0.3) is 0 Å². The van der Waals surface area contributed by atoms with E-state index in [0.717, 1.165) is 6.42 Å². The van der Waals surface area contributed by atoms with Crippen LogP contribution in [0.25, 0.3) is 0 Å². The van der Waals surface area contributed by atoms with E-state index in [1.54, 1.807) is 0 Å². The highest BCUT2D eigenvalue weighted by molar-refractivity contribution is 9.10. The largest absolute Gasteiger partial charge is 0.380 e. The molecule has 1 aliphatic carbocycles. The molecule has 1 rings (SSSR count). The molecule has 0 spiro atoms. The summed E-state index contributed by atoms with van der Waals surface area (Å²) in [6, 6.07) is 0. The summed E-state index contributed by atoms with van der Waals surface area (Å²) in [6.45, 7) is 0. The lowest BCUT2D eigenvalue weighted by Gasteiger charge is -2.41. The van der Waals surface area contributed by atoms with E-state index in [9.17, 15) is 13.9 Å². The minimum absolute atomic E-state index is 0.0732. The summed E-state index contributed by atoms with van der Waals surface area (Å²) in [4.78, 5) is -3.28. The van der Waals surface area contributed by atoms with Gasteiger partial charge in [0, 0.05) is 7.11 Å². The summed E-state index contributed by atoms with van der Waals surface area (Å²) in [5.41, 5.74) is -2.06. The first kappa shape index (κ1) is 11.3. The minimum atomic E-state index is -3.28. The molecule has 2 unspecified atom stereocenters. The summed E-state index contributed by atoms with van der Waals surface area (Å²) < 4.78 is 30.9. The van der Waals surface area contributed by atoms with Crippen molar-refractivity contribution in [1.82, 2.24) is 0 Å². The van der Waals surface area contributed by atoms with Crippen LogP contribution in [-0.4, -0.2) is 28.8 Å². The first-order chi connectivity index (χ1) is 5.92. The Balaban J connectivity index is 2.83. The molecule has 0 saturated heterocycles. The molecule has 78 valence electrons. The Hall–Kier alpha value is 0.260. The maximum Gasteiger partial charge on any atom is 0.331 e. The smallest absolute Gasteiger partial charge is 0.331 e. The molecule has 0 aromatic heterocycles. The van der Waals surface area contributed by atoms with E-state index >= 15 is 0 Å². The molecule has 1 N–H and O–H groups in total. The molecule has 1 saturated carbocycles. The van der Waals surface area contributed by atoms with Crippen LogP contribution in [0.1, 0.15) is 25.7 Å². The molecular weight excluding hydrogens is 246 g/mol. The van der Waals surface area contributed by atoms with Crippen molar-refractivity contribution in [2.75, 3.05) is 7.11 Å². The Labute approximate surface area is 84.4 Å². The van der Waals surface area contributed by atoms with E-state index in [4.69, 9.17) is 4.74 Å². The van der Waals surface area contributed by atoms with Crippen molar-refractivity contribution in [1.29, 1.82) is 0 Å². The average molecular weight is 259 g/mol. The van der Waals surface area contributed by atoms with Gasteiger partial charge in [0.05, 0.1) is 6.10 Å².